The molecular formula is C10H21NO2. The second-order valence-corrected chi connectivity index (χ2v) is 3.87. The summed E-state index contributed by atoms with van der Waals surface area (Å²) in [5, 5.41) is 0. The summed E-state index contributed by atoms with van der Waals surface area (Å²) >= 11 is 0. The Kier molecular flexibility index (Phi) is 4.70. The molecule has 1 N–H and O–H groups in total. The summed E-state index contributed by atoms with van der Waals surface area (Å²) in [6, 6.07) is 0.255. The Balaban J connectivity index is 2.10. The van der Waals surface area contributed by atoms with Crippen molar-refractivity contribution in [1.82, 2.24) is 5.48 Å². The first-order valence-corrected chi connectivity index (χ1v) is 5.18. The summed E-state index contributed by atoms with van der Waals surface area (Å²) in [5.41, 5.74) is 3.05. The van der Waals surface area contributed by atoms with Crippen molar-refractivity contribution in [3.63, 3.8) is 0 Å². The lowest BCUT2D eigenvalue weighted by molar-refractivity contribution is -0.0642. The molecule has 1 aliphatic carbocycles. The van der Waals surface area contributed by atoms with Crippen molar-refractivity contribution in [1.29, 1.82) is 0 Å². The zero-order chi connectivity index (χ0) is 9.68. The van der Waals surface area contributed by atoms with Gasteiger partial charge in [0.1, 0.15) is 0 Å². The highest BCUT2D eigenvalue weighted by molar-refractivity contribution is 4.68. The highest BCUT2D eigenvalue weighted by Crippen LogP contribution is 2.20. The summed E-state index contributed by atoms with van der Waals surface area (Å²) < 4.78 is 5.18. The smallest absolute Gasteiger partial charge is 0.0790 e. The van der Waals surface area contributed by atoms with Crippen LogP contribution in [-0.4, -0.2) is 25.4 Å². The van der Waals surface area contributed by atoms with Gasteiger partial charge in [0.2, 0.25) is 0 Å². The van der Waals surface area contributed by atoms with Gasteiger partial charge < -0.3 is 4.74 Å². The highest BCUT2D eigenvalue weighted by atomic mass is 16.7. The normalized spacial score (nSPS) is 23.3. The van der Waals surface area contributed by atoms with Gasteiger partial charge in [-0.3, -0.25) is 4.84 Å². The Bertz CT molecular complexity index is 135. The Hall–Kier alpha value is -0.120. The lowest BCUT2D eigenvalue weighted by Gasteiger charge is -2.21. The molecular weight excluding hydrogens is 166 g/mol. The fourth-order valence-corrected chi connectivity index (χ4v) is 1.51. The second kappa shape index (κ2) is 5.58. The molecule has 0 aromatic heterocycles. The number of methoxy groups -OCH3 is 1. The standard InChI is InChI=1S/C10H21NO2/c1-8(9(2)12-3)11-13-10-6-4-5-7-10/h8-11H,4-7H2,1-3H3. The van der Waals surface area contributed by atoms with Gasteiger partial charge in [0.05, 0.1) is 18.2 Å². The van der Waals surface area contributed by atoms with Gasteiger partial charge in [-0.05, 0) is 26.7 Å². The van der Waals surface area contributed by atoms with Crippen molar-refractivity contribution in [2.24, 2.45) is 0 Å². The molecule has 0 heterocycles. The Morgan fingerprint density at radius 3 is 2.38 bits per heavy atom. The fourth-order valence-electron chi connectivity index (χ4n) is 1.51. The van der Waals surface area contributed by atoms with E-state index in [1.54, 1.807) is 7.11 Å². The van der Waals surface area contributed by atoms with Gasteiger partial charge in [0, 0.05) is 7.11 Å². The summed E-state index contributed by atoms with van der Waals surface area (Å²) in [5.74, 6) is 0. The molecule has 3 heteroatoms. The Labute approximate surface area is 80.7 Å². The molecule has 1 fully saturated rings. The zero-order valence-corrected chi connectivity index (χ0v) is 8.88. The van der Waals surface area contributed by atoms with Crippen LogP contribution < -0.4 is 5.48 Å². The molecule has 0 bridgehead atoms. The molecule has 0 spiro atoms. The predicted molar refractivity (Wildman–Crippen MR) is 52.4 cm³/mol. The summed E-state index contributed by atoms with van der Waals surface area (Å²) in [4.78, 5) is 5.56. The van der Waals surface area contributed by atoms with Crippen LogP contribution in [0.1, 0.15) is 39.5 Å². The van der Waals surface area contributed by atoms with Crippen LogP contribution in [0.25, 0.3) is 0 Å². The third kappa shape index (κ3) is 3.63. The highest BCUT2D eigenvalue weighted by Gasteiger charge is 2.18. The molecule has 0 aliphatic heterocycles. The van der Waals surface area contributed by atoms with E-state index in [-0.39, 0.29) is 12.1 Å². The SMILES string of the molecule is COC(C)C(C)NOC1CCCC1. The maximum absolute atomic E-state index is 5.56. The molecule has 1 saturated carbocycles. The first-order valence-electron chi connectivity index (χ1n) is 5.18. The Morgan fingerprint density at radius 1 is 1.23 bits per heavy atom. The average molecular weight is 187 g/mol. The third-order valence-electron chi connectivity index (χ3n) is 2.80. The van der Waals surface area contributed by atoms with Gasteiger partial charge in [-0.25, -0.2) is 0 Å². The fraction of sp³-hybridized carbons (Fsp3) is 1.00. The van der Waals surface area contributed by atoms with Gasteiger partial charge in [-0.1, -0.05) is 12.8 Å². The maximum atomic E-state index is 5.56. The second-order valence-electron chi connectivity index (χ2n) is 3.87. The van der Waals surface area contributed by atoms with E-state index in [9.17, 15) is 0 Å². The molecule has 0 radical (unpaired) electrons. The zero-order valence-electron chi connectivity index (χ0n) is 8.88. The quantitative estimate of drug-likeness (QED) is 0.666. The van der Waals surface area contributed by atoms with E-state index in [2.05, 4.69) is 12.4 Å². The van der Waals surface area contributed by atoms with E-state index < -0.39 is 0 Å². The van der Waals surface area contributed by atoms with Crippen molar-refractivity contribution in [3.05, 3.63) is 0 Å². The number of ether oxygens (including phenoxy) is 1. The van der Waals surface area contributed by atoms with Crippen LogP contribution in [0.5, 0.6) is 0 Å². The largest absolute Gasteiger partial charge is 0.380 e. The van der Waals surface area contributed by atoms with E-state index in [1.165, 1.54) is 25.7 Å². The average Bonchev–Trinajstić information content (AvgIpc) is 2.65. The van der Waals surface area contributed by atoms with E-state index >= 15 is 0 Å². The predicted octanol–water partition coefficient (Wildman–Crippen LogP) is 1.87. The van der Waals surface area contributed by atoms with Gasteiger partial charge in [-0.15, -0.1) is 0 Å². The molecule has 1 rings (SSSR count). The van der Waals surface area contributed by atoms with Gasteiger partial charge >= 0.3 is 0 Å². The number of hydrogen-bond acceptors (Lipinski definition) is 3. The summed E-state index contributed by atoms with van der Waals surface area (Å²) in [7, 11) is 1.72. The molecule has 0 saturated heterocycles. The number of hydrogen-bond donors (Lipinski definition) is 1. The molecule has 0 amide bonds. The van der Waals surface area contributed by atoms with Crippen LogP contribution in [0.15, 0.2) is 0 Å². The van der Waals surface area contributed by atoms with E-state index in [4.69, 9.17) is 9.57 Å². The van der Waals surface area contributed by atoms with E-state index in [0.29, 0.717) is 6.10 Å². The number of nitrogens with one attached hydrogen (secondary N) is 1. The van der Waals surface area contributed by atoms with E-state index in [0.717, 1.165) is 0 Å². The monoisotopic (exact) mass is 187 g/mol. The number of rotatable bonds is 5. The Morgan fingerprint density at radius 2 is 1.85 bits per heavy atom. The molecule has 3 nitrogen and oxygen atoms in total. The molecule has 13 heavy (non-hydrogen) atoms. The summed E-state index contributed by atoms with van der Waals surface area (Å²) in [6.45, 7) is 4.11. The minimum absolute atomic E-state index is 0.196. The summed E-state index contributed by atoms with van der Waals surface area (Å²) in [6.07, 6.45) is 5.62. The van der Waals surface area contributed by atoms with Crippen LogP contribution in [0.4, 0.5) is 0 Å². The molecule has 1 aliphatic rings. The molecule has 2 atom stereocenters. The van der Waals surface area contributed by atoms with Crippen LogP contribution in [-0.2, 0) is 9.57 Å². The van der Waals surface area contributed by atoms with E-state index in [1.807, 2.05) is 6.92 Å². The van der Waals surface area contributed by atoms with Gasteiger partial charge in [-0.2, -0.15) is 5.48 Å². The number of hydroxylamine groups is 1. The first kappa shape index (κ1) is 11.0. The lowest BCUT2D eigenvalue weighted by Crippen LogP contribution is -2.38. The van der Waals surface area contributed by atoms with Gasteiger partial charge in [0.15, 0.2) is 0 Å². The van der Waals surface area contributed by atoms with Crippen molar-refractivity contribution in [2.75, 3.05) is 7.11 Å². The van der Waals surface area contributed by atoms with Crippen molar-refractivity contribution >= 4 is 0 Å². The lowest BCUT2D eigenvalue weighted by atomic mass is 10.2. The molecule has 2 unspecified atom stereocenters. The van der Waals surface area contributed by atoms with Crippen molar-refractivity contribution < 1.29 is 9.57 Å². The van der Waals surface area contributed by atoms with Crippen LogP contribution in [0.3, 0.4) is 0 Å². The van der Waals surface area contributed by atoms with Gasteiger partial charge in [0.25, 0.3) is 0 Å². The maximum Gasteiger partial charge on any atom is 0.0790 e. The minimum Gasteiger partial charge on any atom is -0.380 e. The van der Waals surface area contributed by atoms with Crippen molar-refractivity contribution in [2.45, 2.75) is 57.8 Å². The molecule has 0 aromatic rings. The van der Waals surface area contributed by atoms with Crippen LogP contribution >= 0.6 is 0 Å². The first-order chi connectivity index (χ1) is 6.24. The van der Waals surface area contributed by atoms with Crippen molar-refractivity contribution in [3.8, 4) is 0 Å². The third-order valence-corrected chi connectivity index (χ3v) is 2.80. The minimum atomic E-state index is 0.196. The molecule has 78 valence electrons. The van der Waals surface area contributed by atoms with Crippen LogP contribution in [0, 0.1) is 0 Å². The van der Waals surface area contributed by atoms with Crippen LogP contribution in [0.2, 0.25) is 0 Å². The topological polar surface area (TPSA) is 30.5 Å². The molecule has 0 aromatic carbocycles.